The van der Waals surface area contributed by atoms with Gasteiger partial charge in [0.15, 0.2) is 35.4 Å². The van der Waals surface area contributed by atoms with Crippen molar-refractivity contribution in [3.63, 3.8) is 0 Å². The van der Waals surface area contributed by atoms with Crippen molar-refractivity contribution in [1.82, 2.24) is 44.6 Å². The van der Waals surface area contributed by atoms with Crippen LogP contribution in [0.5, 0.6) is 0 Å². The highest BCUT2D eigenvalue weighted by Gasteiger charge is 2.49. The van der Waals surface area contributed by atoms with E-state index in [4.69, 9.17) is 24.2 Å². The lowest BCUT2D eigenvalue weighted by Crippen LogP contribution is -2.39. The molecule has 0 saturated carbocycles. The van der Waals surface area contributed by atoms with Gasteiger partial charge in [-0.05, 0) is 24.1 Å². The minimum absolute atomic E-state index is 0.156. The summed E-state index contributed by atoms with van der Waals surface area (Å²) < 4.78 is 18.6. The molecule has 0 spiro atoms. The van der Waals surface area contributed by atoms with Crippen LogP contribution < -0.4 is 10.2 Å². The third kappa shape index (κ3) is 6.71. The quantitative estimate of drug-likeness (QED) is 0.123. The Bertz CT molecular complexity index is 1550. The number of hydrogen-bond donors (Lipinski definition) is 3. The van der Waals surface area contributed by atoms with E-state index >= 15 is 0 Å². The molecule has 17 nitrogen and oxygen atoms in total. The highest BCUT2D eigenvalue weighted by molar-refractivity contribution is 5.85. The van der Waals surface area contributed by atoms with Gasteiger partial charge < -0.3 is 34.6 Å². The average molecular weight is 624 g/mol. The molecular formula is C28H37N11O6. The average Bonchev–Trinajstić information content (AvgIpc) is 3.80. The third-order valence-corrected chi connectivity index (χ3v) is 7.91. The number of benzene rings is 1. The van der Waals surface area contributed by atoms with Gasteiger partial charge in [-0.3, -0.25) is 14.3 Å². The standard InChI is InChI=1S/C28H37N11O6/c1-2-39-34-24(33-35-39)22-21(42)23(44-18-41)27(45-22)38-16-30-20-25(37(17-40)10-8-19-6-4-3-5-7-19)31-28(32-26(20)38)29-9-11-36-12-14-43-15-13-36/h3-7,16,18,21-23,27,40,42H,2,8-15,17H2,1H3,(H,29,31,32)/t21-,22+,23-,27-/m1/s1. The van der Waals surface area contributed by atoms with Crippen LogP contribution in [0.2, 0.25) is 0 Å². The molecule has 3 N–H and O–H groups in total. The van der Waals surface area contributed by atoms with Crippen LogP contribution in [-0.2, 0) is 32.0 Å². The molecule has 2 aliphatic heterocycles. The Morgan fingerprint density at radius 1 is 1.20 bits per heavy atom. The van der Waals surface area contributed by atoms with Crippen LogP contribution in [0.25, 0.3) is 11.2 Å². The van der Waals surface area contributed by atoms with Crippen molar-refractivity contribution in [3.05, 3.63) is 48.0 Å². The summed E-state index contributed by atoms with van der Waals surface area (Å²) >= 11 is 0. The van der Waals surface area contributed by atoms with Gasteiger partial charge in [0.05, 0.1) is 26.1 Å². The molecule has 240 valence electrons. The van der Waals surface area contributed by atoms with E-state index in [0.717, 1.165) is 25.2 Å². The topological polar surface area (TPSA) is 191 Å². The first kappa shape index (κ1) is 30.7. The van der Waals surface area contributed by atoms with Gasteiger partial charge in [-0.2, -0.15) is 14.8 Å². The van der Waals surface area contributed by atoms with Gasteiger partial charge in [0.25, 0.3) is 6.47 Å². The van der Waals surface area contributed by atoms with Crippen molar-refractivity contribution in [1.29, 1.82) is 0 Å². The summed E-state index contributed by atoms with van der Waals surface area (Å²) in [6.07, 6.45) is -2.31. The lowest BCUT2D eigenvalue weighted by atomic mass is 10.1. The van der Waals surface area contributed by atoms with Crippen molar-refractivity contribution >= 4 is 29.4 Å². The monoisotopic (exact) mass is 623 g/mol. The number of carbonyl (C=O) groups is 1. The lowest BCUT2D eigenvalue weighted by Gasteiger charge is -2.26. The summed E-state index contributed by atoms with van der Waals surface area (Å²) in [5, 5.41) is 37.2. The van der Waals surface area contributed by atoms with E-state index < -0.39 is 24.5 Å². The first-order valence-corrected chi connectivity index (χ1v) is 15.0. The summed E-state index contributed by atoms with van der Waals surface area (Å²) in [6.45, 7) is 7.16. The van der Waals surface area contributed by atoms with Crippen LogP contribution >= 0.6 is 0 Å². The van der Waals surface area contributed by atoms with E-state index in [1.54, 1.807) is 9.47 Å². The smallest absolute Gasteiger partial charge is 0.293 e. The van der Waals surface area contributed by atoms with Gasteiger partial charge in [0, 0.05) is 32.7 Å². The number of nitrogens with zero attached hydrogens (tertiary/aromatic N) is 10. The number of aliphatic hydroxyl groups excluding tert-OH is 2. The van der Waals surface area contributed by atoms with Crippen molar-refractivity contribution in [2.45, 2.75) is 44.4 Å². The number of imidazole rings is 1. The molecule has 0 bridgehead atoms. The Morgan fingerprint density at radius 3 is 2.76 bits per heavy atom. The fourth-order valence-corrected chi connectivity index (χ4v) is 5.49. The molecule has 1 aromatic carbocycles. The van der Waals surface area contributed by atoms with Crippen molar-refractivity contribution < 1.29 is 29.2 Å². The summed E-state index contributed by atoms with van der Waals surface area (Å²) in [6, 6.07) is 9.95. The van der Waals surface area contributed by atoms with Crippen molar-refractivity contribution in [2.24, 2.45) is 0 Å². The number of aromatic nitrogens is 8. The second kappa shape index (κ2) is 14.2. The number of carbonyl (C=O) groups excluding carboxylic acids is 1. The Balaban J connectivity index is 1.33. The van der Waals surface area contributed by atoms with Crippen molar-refractivity contribution in [3.8, 4) is 0 Å². The molecule has 17 heteroatoms. The maximum absolute atomic E-state index is 11.5. The second-order valence-electron chi connectivity index (χ2n) is 10.7. The molecule has 0 amide bonds. The van der Waals surface area contributed by atoms with E-state index in [1.165, 1.54) is 11.1 Å². The Morgan fingerprint density at radius 2 is 2.02 bits per heavy atom. The number of nitrogens with one attached hydrogen (secondary N) is 1. The van der Waals surface area contributed by atoms with Crippen LogP contribution in [0, 0.1) is 0 Å². The normalized spacial score (nSPS) is 22.1. The van der Waals surface area contributed by atoms with Crippen LogP contribution in [0.3, 0.4) is 0 Å². The van der Waals surface area contributed by atoms with E-state index in [0.29, 0.717) is 62.2 Å². The molecule has 0 aliphatic carbocycles. The molecule has 4 atom stereocenters. The van der Waals surface area contributed by atoms with Gasteiger partial charge >= 0.3 is 0 Å². The van der Waals surface area contributed by atoms with Crippen LogP contribution in [0.4, 0.5) is 11.8 Å². The molecule has 2 aliphatic rings. The molecule has 5 heterocycles. The van der Waals surface area contributed by atoms with Crippen molar-refractivity contribution in [2.75, 3.05) is 62.9 Å². The number of aliphatic hydroxyl groups is 2. The molecule has 3 aromatic heterocycles. The lowest BCUT2D eigenvalue weighted by molar-refractivity contribution is -0.142. The highest BCUT2D eigenvalue weighted by Crippen LogP contribution is 2.40. The Hall–Kier alpha value is -4.29. The largest absolute Gasteiger partial charge is 0.457 e. The number of anilines is 2. The number of hydrogen-bond acceptors (Lipinski definition) is 15. The molecule has 2 fully saturated rings. The first-order chi connectivity index (χ1) is 22.1. The zero-order valence-electron chi connectivity index (χ0n) is 24.9. The second-order valence-corrected chi connectivity index (χ2v) is 10.7. The Kier molecular flexibility index (Phi) is 9.70. The van der Waals surface area contributed by atoms with Gasteiger partial charge in [-0.1, -0.05) is 30.3 Å². The molecule has 4 aromatic rings. The predicted octanol–water partition coefficient (Wildman–Crippen LogP) is -0.252. The number of rotatable bonds is 14. The number of ether oxygens (including phenoxy) is 3. The zero-order chi connectivity index (χ0) is 31.2. The fraction of sp³-hybridized carbons (Fsp3) is 0.536. The van der Waals surface area contributed by atoms with Gasteiger partial charge in [0.1, 0.15) is 12.8 Å². The predicted molar refractivity (Wildman–Crippen MR) is 159 cm³/mol. The molecule has 0 radical (unpaired) electrons. The van der Waals surface area contributed by atoms with E-state index in [-0.39, 0.29) is 19.0 Å². The number of tetrazole rings is 1. The summed E-state index contributed by atoms with van der Waals surface area (Å²) in [5.41, 5.74) is 1.87. The maximum atomic E-state index is 11.5. The third-order valence-electron chi connectivity index (χ3n) is 7.91. The molecule has 0 unspecified atom stereocenters. The fourth-order valence-electron chi connectivity index (χ4n) is 5.49. The number of aryl methyl sites for hydroxylation is 1. The number of fused-ring (bicyclic) bond motifs is 1. The van der Waals surface area contributed by atoms with Crippen LogP contribution in [-0.4, -0.2) is 126 Å². The minimum Gasteiger partial charge on any atom is -0.457 e. The molecular weight excluding hydrogens is 586 g/mol. The summed E-state index contributed by atoms with van der Waals surface area (Å²) in [4.78, 5) is 31.0. The van der Waals surface area contributed by atoms with Gasteiger partial charge in [0.2, 0.25) is 11.8 Å². The SMILES string of the molecule is CCn1nnc([C@H]2O[C@@H](n3cnc4c(N(CO)CCc5ccccc5)nc(NCCN5CCOCC5)nc43)[C@H](OC=O)[C@@H]2O)n1. The van der Waals surface area contributed by atoms with E-state index in [1.807, 2.05) is 37.3 Å². The van der Waals surface area contributed by atoms with Crippen LogP contribution in [0.1, 0.15) is 30.6 Å². The highest BCUT2D eigenvalue weighted by atomic mass is 16.6. The van der Waals surface area contributed by atoms with E-state index in [2.05, 4.69) is 30.6 Å². The summed E-state index contributed by atoms with van der Waals surface area (Å²) in [5.74, 6) is 0.895. The molecule has 6 rings (SSSR count). The summed E-state index contributed by atoms with van der Waals surface area (Å²) in [7, 11) is 0. The first-order valence-electron chi connectivity index (χ1n) is 15.0. The molecule has 2 saturated heterocycles. The maximum Gasteiger partial charge on any atom is 0.293 e. The van der Waals surface area contributed by atoms with Crippen LogP contribution in [0.15, 0.2) is 36.7 Å². The Labute approximate surface area is 258 Å². The minimum atomic E-state index is -1.29. The molecule has 45 heavy (non-hydrogen) atoms. The van der Waals surface area contributed by atoms with E-state index in [9.17, 15) is 15.0 Å². The number of morpholine rings is 1. The van der Waals surface area contributed by atoms with Gasteiger partial charge in [-0.25, -0.2) is 4.98 Å². The zero-order valence-corrected chi connectivity index (χ0v) is 24.9. The van der Waals surface area contributed by atoms with Gasteiger partial charge in [-0.15, -0.1) is 10.2 Å².